The van der Waals surface area contributed by atoms with Crippen molar-refractivity contribution in [2.75, 3.05) is 13.2 Å². The first-order valence-electron chi connectivity index (χ1n) is 5.85. The highest BCUT2D eigenvalue weighted by atomic mass is 32.2. The Morgan fingerprint density at radius 1 is 1.50 bits per heavy atom. The molecule has 1 aliphatic rings. The van der Waals surface area contributed by atoms with Crippen LogP contribution in [0.1, 0.15) is 18.4 Å². The third-order valence-corrected chi connectivity index (χ3v) is 5.23. The Balaban J connectivity index is 2.38. The fraction of sp³-hybridized carbons (Fsp3) is 0.500. The largest absolute Gasteiger partial charge is 0.395 e. The van der Waals surface area contributed by atoms with Crippen molar-refractivity contribution in [2.45, 2.75) is 30.7 Å². The fourth-order valence-electron chi connectivity index (χ4n) is 2.18. The van der Waals surface area contributed by atoms with Crippen LogP contribution in [-0.4, -0.2) is 37.0 Å². The molecule has 100 valence electrons. The minimum atomic E-state index is -3.71. The summed E-state index contributed by atoms with van der Waals surface area (Å²) in [4.78, 5) is -0.0500. The zero-order valence-electron chi connectivity index (χ0n) is 10.1. The minimum absolute atomic E-state index is 0.0500. The van der Waals surface area contributed by atoms with E-state index < -0.39 is 15.8 Å². The molecular formula is C12H16FNO3S. The molecule has 4 nitrogen and oxygen atoms in total. The Labute approximate surface area is 106 Å². The lowest BCUT2D eigenvalue weighted by Gasteiger charge is -2.22. The molecule has 0 aromatic heterocycles. The lowest BCUT2D eigenvalue weighted by atomic mass is 10.2. The Bertz CT molecular complexity index is 544. The molecule has 0 amide bonds. The summed E-state index contributed by atoms with van der Waals surface area (Å²) in [6.45, 7) is 1.76. The van der Waals surface area contributed by atoms with Crippen molar-refractivity contribution in [3.63, 3.8) is 0 Å². The molecule has 0 unspecified atom stereocenters. The van der Waals surface area contributed by atoms with Crippen LogP contribution < -0.4 is 0 Å². The molecule has 2 rings (SSSR count). The van der Waals surface area contributed by atoms with Gasteiger partial charge in [-0.15, -0.1) is 0 Å². The van der Waals surface area contributed by atoms with Gasteiger partial charge in [0.05, 0.1) is 11.5 Å². The molecule has 0 spiro atoms. The van der Waals surface area contributed by atoms with Gasteiger partial charge in [0, 0.05) is 12.6 Å². The minimum Gasteiger partial charge on any atom is -0.395 e. The molecule has 1 heterocycles. The van der Waals surface area contributed by atoms with Crippen molar-refractivity contribution in [3.8, 4) is 0 Å². The second-order valence-corrected chi connectivity index (χ2v) is 6.40. The average molecular weight is 273 g/mol. The van der Waals surface area contributed by atoms with Gasteiger partial charge in [-0.05, 0) is 37.5 Å². The van der Waals surface area contributed by atoms with E-state index in [4.69, 9.17) is 5.11 Å². The number of rotatable bonds is 3. The van der Waals surface area contributed by atoms with E-state index >= 15 is 0 Å². The van der Waals surface area contributed by atoms with Crippen molar-refractivity contribution in [1.29, 1.82) is 0 Å². The number of aryl methyl sites for hydroxylation is 1. The average Bonchev–Trinajstić information content (AvgIpc) is 2.81. The van der Waals surface area contributed by atoms with Crippen LogP contribution in [-0.2, 0) is 10.0 Å². The van der Waals surface area contributed by atoms with Crippen molar-refractivity contribution in [3.05, 3.63) is 29.6 Å². The number of nitrogens with zero attached hydrogens (tertiary/aromatic N) is 1. The van der Waals surface area contributed by atoms with Crippen LogP contribution in [0.25, 0.3) is 0 Å². The highest BCUT2D eigenvalue weighted by Gasteiger charge is 2.34. The summed E-state index contributed by atoms with van der Waals surface area (Å²) in [6, 6.07) is 3.50. The van der Waals surface area contributed by atoms with E-state index in [1.807, 2.05) is 0 Å². The Morgan fingerprint density at radius 3 is 2.83 bits per heavy atom. The molecule has 1 aliphatic heterocycles. The van der Waals surface area contributed by atoms with Gasteiger partial charge < -0.3 is 5.11 Å². The summed E-state index contributed by atoms with van der Waals surface area (Å²) in [7, 11) is -3.71. The summed E-state index contributed by atoms with van der Waals surface area (Å²) < 4.78 is 39.3. The summed E-state index contributed by atoms with van der Waals surface area (Å²) in [5.74, 6) is -0.532. The molecule has 1 N–H and O–H groups in total. The summed E-state index contributed by atoms with van der Waals surface area (Å²) in [5.41, 5.74) is 0.411. The van der Waals surface area contributed by atoms with E-state index in [1.54, 1.807) is 6.92 Å². The number of benzene rings is 1. The maximum atomic E-state index is 13.4. The molecule has 1 atom stereocenters. The molecule has 0 aliphatic carbocycles. The summed E-state index contributed by atoms with van der Waals surface area (Å²) >= 11 is 0. The molecule has 1 aromatic rings. The molecule has 0 radical (unpaired) electrons. The molecule has 1 fully saturated rings. The van der Waals surface area contributed by atoms with E-state index in [-0.39, 0.29) is 17.5 Å². The maximum absolute atomic E-state index is 13.4. The van der Waals surface area contributed by atoms with Gasteiger partial charge in [0.1, 0.15) is 5.82 Å². The first-order valence-corrected chi connectivity index (χ1v) is 7.29. The van der Waals surface area contributed by atoms with Crippen molar-refractivity contribution >= 4 is 10.0 Å². The lowest BCUT2D eigenvalue weighted by molar-refractivity contribution is 0.213. The standard InChI is InChI=1S/C12H16FNO3S/c1-9-4-5-11(7-12(9)13)18(16,17)14-6-2-3-10(14)8-15/h4-5,7,10,15H,2-3,6,8H2,1H3/t10-/m1/s1. The van der Waals surface area contributed by atoms with E-state index in [2.05, 4.69) is 0 Å². The zero-order valence-corrected chi connectivity index (χ0v) is 11.0. The van der Waals surface area contributed by atoms with Gasteiger partial charge >= 0.3 is 0 Å². The molecule has 6 heteroatoms. The number of hydrogen-bond donors (Lipinski definition) is 1. The topological polar surface area (TPSA) is 57.6 Å². The van der Waals surface area contributed by atoms with Gasteiger partial charge in [-0.1, -0.05) is 6.07 Å². The number of aliphatic hydroxyl groups is 1. The van der Waals surface area contributed by atoms with Crippen LogP contribution in [0.5, 0.6) is 0 Å². The van der Waals surface area contributed by atoms with Crippen LogP contribution in [0.15, 0.2) is 23.1 Å². The van der Waals surface area contributed by atoms with Crippen LogP contribution in [0.4, 0.5) is 4.39 Å². The van der Waals surface area contributed by atoms with Gasteiger partial charge in [0.2, 0.25) is 10.0 Å². The number of halogens is 1. The molecule has 0 bridgehead atoms. The third kappa shape index (κ3) is 2.28. The summed E-state index contributed by atoms with van der Waals surface area (Å²) in [5, 5.41) is 9.17. The molecule has 0 saturated carbocycles. The monoisotopic (exact) mass is 273 g/mol. The van der Waals surface area contributed by atoms with Gasteiger partial charge in [-0.3, -0.25) is 0 Å². The van der Waals surface area contributed by atoms with Crippen molar-refractivity contribution < 1.29 is 17.9 Å². The maximum Gasteiger partial charge on any atom is 0.243 e. The van der Waals surface area contributed by atoms with Gasteiger partial charge in [-0.25, -0.2) is 12.8 Å². The van der Waals surface area contributed by atoms with Crippen LogP contribution in [0.2, 0.25) is 0 Å². The molecule has 1 aromatic carbocycles. The van der Waals surface area contributed by atoms with Gasteiger partial charge in [-0.2, -0.15) is 4.31 Å². The van der Waals surface area contributed by atoms with Crippen LogP contribution in [0.3, 0.4) is 0 Å². The second kappa shape index (κ2) is 4.95. The predicted octanol–water partition coefficient (Wildman–Crippen LogP) is 1.28. The van der Waals surface area contributed by atoms with Crippen molar-refractivity contribution in [2.24, 2.45) is 0 Å². The van der Waals surface area contributed by atoms with E-state index in [0.29, 0.717) is 18.5 Å². The highest BCUT2D eigenvalue weighted by molar-refractivity contribution is 7.89. The first-order chi connectivity index (χ1) is 8.46. The van der Waals surface area contributed by atoms with Gasteiger partial charge in [0.25, 0.3) is 0 Å². The predicted molar refractivity (Wildman–Crippen MR) is 65.1 cm³/mol. The van der Waals surface area contributed by atoms with E-state index in [1.165, 1.54) is 16.4 Å². The second-order valence-electron chi connectivity index (χ2n) is 4.51. The van der Waals surface area contributed by atoms with Crippen molar-refractivity contribution in [1.82, 2.24) is 4.31 Å². The molecular weight excluding hydrogens is 257 g/mol. The number of aliphatic hydroxyl groups excluding tert-OH is 1. The Morgan fingerprint density at radius 2 is 2.22 bits per heavy atom. The Hall–Kier alpha value is -0.980. The van der Waals surface area contributed by atoms with Crippen LogP contribution in [0, 0.1) is 12.7 Å². The summed E-state index contributed by atoms with van der Waals surface area (Å²) in [6.07, 6.45) is 1.36. The third-order valence-electron chi connectivity index (χ3n) is 3.28. The number of hydrogen-bond acceptors (Lipinski definition) is 3. The zero-order chi connectivity index (χ0) is 13.3. The highest BCUT2D eigenvalue weighted by Crippen LogP contribution is 2.26. The molecule has 1 saturated heterocycles. The Kier molecular flexibility index (Phi) is 3.70. The van der Waals surface area contributed by atoms with Crippen LogP contribution >= 0.6 is 0 Å². The number of sulfonamides is 1. The van der Waals surface area contributed by atoms with E-state index in [9.17, 15) is 12.8 Å². The first kappa shape index (κ1) is 13.5. The molecule has 18 heavy (non-hydrogen) atoms. The smallest absolute Gasteiger partial charge is 0.243 e. The lowest BCUT2D eigenvalue weighted by Crippen LogP contribution is -2.37. The fourth-order valence-corrected chi connectivity index (χ4v) is 3.87. The SMILES string of the molecule is Cc1ccc(S(=O)(=O)N2CCC[C@@H]2CO)cc1F. The van der Waals surface area contributed by atoms with Gasteiger partial charge in [0.15, 0.2) is 0 Å². The normalized spacial score (nSPS) is 21.4. The van der Waals surface area contributed by atoms with E-state index in [0.717, 1.165) is 12.5 Å². The quantitative estimate of drug-likeness (QED) is 0.902.